The molecule has 0 aromatic carbocycles. The van der Waals surface area contributed by atoms with Gasteiger partial charge in [0.25, 0.3) is 0 Å². The molecule has 0 radical (unpaired) electrons. The van der Waals surface area contributed by atoms with E-state index in [-0.39, 0.29) is 13.0 Å². The van der Waals surface area contributed by atoms with E-state index in [2.05, 4.69) is 17.2 Å². The minimum Gasteiger partial charge on any atom is -0.464 e. The number of carbonyl (C=O) groups is 4. The van der Waals surface area contributed by atoms with Crippen LogP contribution < -0.4 is 10.6 Å². The van der Waals surface area contributed by atoms with Crippen LogP contribution in [0.2, 0.25) is 0 Å². The molecule has 0 aliphatic heterocycles. The van der Waals surface area contributed by atoms with E-state index in [1.807, 2.05) is 0 Å². The van der Waals surface area contributed by atoms with Crippen molar-refractivity contribution in [3.05, 3.63) is 12.8 Å². The first-order valence-corrected chi connectivity index (χ1v) is 9.82. The maximum atomic E-state index is 14.7. The van der Waals surface area contributed by atoms with Gasteiger partial charge >= 0.3 is 18.0 Å². The summed E-state index contributed by atoms with van der Waals surface area (Å²) in [6, 6.07) is -1.08. The second-order valence-corrected chi connectivity index (χ2v) is 8.50. The van der Waals surface area contributed by atoms with Crippen molar-refractivity contribution in [2.24, 2.45) is 17.8 Å². The van der Waals surface area contributed by atoms with Gasteiger partial charge < -0.3 is 24.8 Å². The molecule has 0 saturated heterocycles. The lowest BCUT2D eigenvalue weighted by atomic mass is 9.89. The van der Waals surface area contributed by atoms with Gasteiger partial charge in [0.05, 0.1) is 18.8 Å². The van der Waals surface area contributed by atoms with Crippen LogP contribution in [-0.2, 0) is 28.6 Å². The monoisotopic (exact) mass is 428 g/mol. The number of alkyl carbamates (subject to hydrolysis) is 1. The third-order valence-electron chi connectivity index (χ3n) is 5.16. The van der Waals surface area contributed by atoms with Gasteiger partial charge in [-0.05, 0) is 34.6 Å². The molecule has 2 unspecified atom stereocenters. The van der Waals surface area contributed by atoms with Crippen LogP contribution in [0.5, 0.6) is 0 Å². The molecule has 2 saturated carbocycles. The molecule has 6 atom stereocenters. The maximum absolute atomic E-state index is 14.7. The largest absolute Gasteiger partial charge is 0.464 e. The highest BCUT2D eigenvalue weighted by Gasteiger charge is 2.76. The molecule has 9 nitrogen and oxygen atoms in total. The minimum atomic E-state index is -1.73. The molecular weight excluding hydrogens is 399 g/mol. The zero-order chi connectivity index (χ0) is 22.9. The Labute approximate surface area is 174 Å². The lowest BCUT2D eigenvalue weighted by molar-refractivity contribution is -0.155. The van der Waals surface area contributed by atoms with Gasteiger partial charge in [-0.25, -0.2) is 14.0 Å². The third kappa shape index (κ3) is 4.73. The number of hydrogen-bond donors (Lipinski definition) is 2. The van der Waals surface area contributed by atoms with Crippen molar-refractivity contribution in [1.82, 2.24) is 10.6 Å². The Hall–Kier alpha value is -2.65. The van der Waals surface area contributed by atoms with Gasteiger partial charge in [-0.1, -0.05) is 6.58 Å². The Kier molecular flexibility index (Phi) is 6.78. The Morgan fingerprint density at radius 1 is 1.30 bits per heavy atom. The summed E-state index contributed by atoms with van der Waals surface area (Å²) < 4.78 is 29.6. The SMILES string of the molecule is C=COC(=O)[C@H]1[C@H]2[C@@H]1C(NC(=O)C(C)NC(=O)OC(C)(C)C)(C(=O)OCC)C[C@H]2F. The van der Waals surface area contributed by atoms with Gasteiger partial charge in [0.2, 0.25) is 5.91 Å². The number of ether oxygens (including phenoxy) is 3. The van der Waals surface area contributed by atoms with Crippen LogP contribution in [0.25, 0.3) is 0 Å². The first-order valence-electron chi connectivity index (χ1n) is 9.82. The molecule has 0 heterocycles. The van der Waals surface area contributed by atoms with Crippen LogP contribution in [0.4, 0.5) is 9.18 Å². The van der Waals surface area contributed by atoms with Crippen molar-refractivity contribution in [1.29, 1.82) is 0 Å². The lowest BCUT2D eigenvalue weighted by Crippen LogP contribution is -2.61. The van der Waals surface area contributed by atoms with E-state index in [1.165, 1.54) is 6.92 Å². The second-order valence-electron chi connectivity index (χ2n) is 8.50. The van der Waals surface area contributed by atoms with E-state index in [1.54, 1.807) is 27.7 Å². The first-order chi connectivity index (χ1) is 13.9. The number of nitrogens with one attached hydrogen (secondary N) is 2. The quantitative estimate of drug-likeness (QED) is 0.359. The number of alkyl halides is 1. The summed E-state index contributed by atoms with van der Waals surface area (Å²) in [6.07, 6.45) is -1.72. The van der Waals surface area contributed by atoms with E-state index in [0.29, 0.717) is 0 Å². The predicted octanol–water partition coefficient (Wildman–Crippen LogP) is 1.61. The van der Waals surface area contributed by atoms with Crippen LogP contribution in [0.15, 0.2) is 12.8 Å². The molecule has 0 aromatic rings. The van der Waals surface area contributed by atoms with Gasteiger partial charge in [-0.2, -0.15) is 0 Å². The number of halogens is 1. The number of fused-ring (bicyclic) bond motifs is 1. The van der Waals surface area contributed by atoms with Crippen LogP contribution in [0, 0.1) is 17.8 Å². The molecule has 10 heteroatoms. The predicted molar refractivity (Wildman–Crippen MR) is 103 cm³/mol. The molecule has 0 spiro atoms. The maximum Gasteiger partial charge on any atom is 0.408 e. The highest BCUT2D eigenvalue weighted by molar-refractivity contribution is 5.94. The normalized spacial score (nSPS) is 30.3. The number of rotatable bonds is 7. The summed E-state index contributed by atoms with van der Waals surface area (Å²) in [7, 11) is 0. The average Bonchev–Trinajstić information content (AvgIpc) is 3.29. The summed E-state index contributed by atoms with van der Waals surface area (Å²) in [5.41, 5.74) is -2.49. The van der Waals surface area contributed by atoms with Crippen molar-refractivity contribution < 1.29 is 37.8 Å². The van der Waals surface area contributed by atoms with Crippen molar-refractivity contribution >= 4 is 23.9 Å². The molecule has 2 fully saturated rings. The number of carbonyl (C=O) groups excluding carboxylic acids is 4. The van der Waals surface area contributed by atoms with E-state index >= 15 is 0 Å². The Morgan fingerprint density at radius 2 is 1.93 bits per heavy atom. The van der Waals surface area contributed by atoms with Crippen LogP contribution in [0.3, 0.4) is 0 Å². The van der Waals surface area contributed by atoms with Gasteiger partial charge in [0, 0.05) is 18.3 Å². The van der Waals surface area contributed by atoms with Crippen LogP contribution in [-0.4, -0.2) is 53.9 Å². The van der Waals surface area contributed by atoms with Crippen molar-refractivity contribution in [2.75, 3.05) is 6.61 Å². The summed E-state index contributed by atoms with van der Waals surface area (Å²) in [4.78, 5) is 49.6. The standard InChI is InChI=1S/C20H29FN2O7/c1-7-28-16(25)13-12-11(21)9-20(14(12)13,17(26)29-8-2)23-15(24)10(3)22-18(27)30-19(4,5)6/h7,10-14H,1,8-9H2,2-6H3,(H,22,27)(H,23,24)/t10?,11-,12+,13+,14+,20?/m1/s1. The molecule has 2 aliphatic rings. The topological polar surface area (TPSA) is 120 Å². The summed E-state index contributed by atoms with van der Waals surface area (Å²) in [5, 5.41) is 4.90. The van der Waals surface area contributed by atoms with Crippen molar-refractivity contribution in [3.63, 3.8) is 0 Å². The fourth-order valence-corrected chi connectivity index (χ4v) is 4.01. The zero-order valence-corrected chi connectivity index (χ0v) is 17.8. The number of amides is 2. The lowest BCUT2D eigenvalue weighted by Gasteiger charge is -2.32. The van der Waals surface area contributed by atoms with Crippen LogP contribution in [0.1, 0.15) is 41.0 Å². The fraction of sp³-hybridized carbons (Fsp3) is 0.700. The summed E-state index contributed by atoms with van der Waals surface area (Å²) in [5.74, 6) is -4.75. The molecule has 2 aliphatic carbocycles. The Bertz CT molecular complexity index is 735. The summed E-state index contributed by atoms with van der Waals surface area (Å²) >= 11 is 0. The van der Waals surface area contributed by atoms with Crippen molar-refractivity contribution in [2.45, 2.75) is 64.4 Å². The number of esters is 2. The van der Waals surface area contributed by atoms with E-state index in [9.17, 15) is 23.6 Å². The highest BCUT2D eigenvalue weighted by Crippen LogP contribution is 2.64. The Balaban J connectivity index is 2.19. The van der Waals surface area contributed by atoms with Gasteiger partial charge in [0.15, 0.2) is 0 Å². The minimum absolute atomic E-state index is 0.0122. The molecule has 2 rings (SSSR count). The van der Waals surface area contributed by atoms with E-state index in [4.69, 9.17) is 14.2 Å². The first kappa shape index (κ1) is 23.6. The highest BCUT2D eigenvalue weighted by atomic mass is 19.1. The van der Waals surface area contributed by atoms with E-state index < -0.39 is 65.0 Å². The smallest absolute Gasteiger partial charge is 0.408 e. The molecular formula is C20H29FN2O7. The number of hydrogen-bond acceptors (Lipinski definition) is 7. The van der Waals surface area contributed by atoms with E-state index in [0.717, 1.165) is 6.26 Å². The molecule has 168 valence electrons. The molecule has 2 N–H and O–H groups in total. The van der Waals surface area contributed by atoms with Gasteiger partial charge in [0.1, 0.15) is 23.4 Å². The van der Waals surface area contributed by atoms with Gasteiger partial charge in [-0.3, -0.25) is 9.59 Å². The average molecular weight is 428 g/mol. The Morgan fingerprint density at radius 3 is 2.47 bits per heavy atom. The molecule has 0 aromatic heterocycles. The zero-order valence-electron chi connectivity index (χ0n) is 17.8. The van der Waals surface area contributed by atoms with Crippen molar-refractivity contribution in [3.8, 4) is 0 Å². The molecule has 30 heavy (non-hydrogen) atoms. The summed E-state index contributed by atoms with van der Waals surface area (Å²) in [6.45, 7) is 11.3. The molecule has 2 amide bonds. The third-order valence-corrected chi connectivity index (χ3v) is 5.16. The fourth-order valence-electron chi connectivity index (χ4n) is 4.01. The van der Waals surface area contributed by atoms with Gasteiger partial charge in [-0.15, -0.1) is 0 Å². The second kappa shape index (κ2) is 8.61. The molecule has 0 bridgehead atoms. The van der Waals surface area contributed by atoms with Crippen LogP contribution >= 0.6 is 0 Å².